The third-order valence-corrected chi connectivity index (χ3v) is 7.64. The molecule has 0 radical (unpaired) electrons. The number of benzene rings is 1. The average molecular weight is 390 g/mol. The van der Waals surface area contributed by atoms with E-state index in [1.807, 2.05) is 11.0 Å². The Bertz CT molecular complexity index is 986. The lowest BCUT2D eigenvalue weighted by atomic mass is 9.98. The Morgan fingerprint density at radius 1 is 1.26 bits per heavy atom. The Morgan fingerprint density at radius 2 is 2.00 bits per heavy atom. The summed E-state index contributed by atoms with van der Waals surface area (Å²) in [5, 5.41) is 4.21. The fraction of sp³-hybridized carbons (Fsp3) is 0.550. The Hall–Kier alpha value is -1.86. The first kappa shape index (κ1) is 18.5. The molecule has 1 saturated heterocycles. The van der Waals surface area contributed by atoms with E-state index in [-0.39, 0.29) is 11.7 Å². The number of hydrogen-bond donors (Lipinski definition) is 1. The molecular weight excluding hydrogens is 362 g/mol. The van der Waals surface area contributed by atoms with Gasteiger partial charge in [-0.2, -0.15) is 0 Å². The maximum atomic E-state index is 13.0. The van der Waals surface area contributed by atoms with Gasteiger partial charge in [0, 0.05) is 49.2 Å². The normalized spacial score (nSPS) is 18.7. The molecule has 6 nitrogen and oxygen atoms in total. The largest absolute Gasteiger partial charge is 0.339 e. The van der Waals surface area contributed by atoms with Crippen molar-refractivity contribution < 1.29 is 13.2 Å². The topological polar surface area (TPSA) is 71.4 Å². The lowest BCUT2D eigenvalue weighted by Crippen LogP contribution is -2.37. The molecule has 7 heteroatoms. The summed E-state index contributed by atoms with van der Waals surface area (Å²) in [6.07, 6.45) is 2.76. The van der Waals surface area contributed by atoms with Gasteiger partial charge in [0.05, 0.1) is 11.3 Å². The third-order valence-electron chi connectivity index (χ3n) is 5.94. The van der Waals surface area contributed by atoms with Gasteiger partial charge >= 0.3 is 0 Å². The monoisotopic (exact) mass is 389 g/mol. The average Bonchev–Trinajstić information content (AvgIpc) is 3.02. The van der Waals surface area contributed by atoms with E-state index in [1.54, 1.807) is 19.1 Å². The van der Waals surface area contributed by atoms with Gasteiger partial charge in [-0.15, -0.1) is 0 Å². The number of fused-ring (bicyclic) bond motifs is 3. The summed E-state index contributed by atoms with van der Waals surface area (Å²) in [6, 6.07) is 5.48. The van der Waals surface area contributed by atoms with Crippen LogP contribution in [-0.2, 0) is 23.0 Å². The van der Waals surface area contributed by atoms with Gasteiger partial charge in [-0.1, -0.05) is 6.92 Å². The molecule has 146 valence electrons. The summed E-state index contributed by atoms with van der Waals surface area (Å²) < 4.78 is 26.9. The van der Waals surface area contributed by atoms with Crippen molar-refractivity contribution >= 4 is 26.8 Å². The summed E-state index contributed by atoms with van der Waals surface area (Å²) in [6.45, 7) is 6.89. The molecule has 1 fully saturated rings. The van der Waals surface area contributed by atoms with Gasteiger partial charge in [0.1, 0.15) is 0 Å². The Kier molecular flexibility index (Phi) is 4.76. The second kappa shape index (κ2) is 6.95. The second-order valence-corrected chi connectivity index (χ2v) is 9.83. The summed E-state index contributed by atoms with van der Waals surface area (Å²) in [5.41, 5.74) is 3.21. The minimum absolute atomic E-state index is 0.0485. The Labute approximate surface area is 160 Å². The molecule has 2 aliphatic heterocycles. The first-order chi connectivity index (χ1) is 12.9. The van der Waals surface area contributed by atoms with E-state index in [0.717, 1.165) is 49.1 Å². The highest BCUT2D eigenvalue weighted by atomic mass is 32.2. The first-order valence-electron chi connectivity index (χ1n) is 9.82. The molecular formula is C20H27N3O3S. The van der Waals surface area contributed by atoms with E-state index < -0.39 is 10.0 Å². The van der Waals surface area contributed by atoms with Crippen molar-refractivity contribution in [3.63, 3.8) is 0 Å². The number of aromatic nitrogens is 1. The number of nitrogens with zero attached hydrogens (tertiary/aromatic N) is 2. The summed E-state index contributed by atoms with van der Waals surface area (Å²) in [4.78, 5) is 14.9. The number of hydrogen-bond acceptors (Lipinski definition) is 4. The number of likely N-dealkylation sites (tertiary alicyclic amines) is 1. The lowest BCUT2D eigenvalue weighted by Gasteiger charge is -2.30. The van der Waals surface area contributed by atoms with Crippen LogP contribution in [0.3, 0.4) is 0 Å². The predicted molar refractivity (Wildman–Crippen MR) is 107 cm³/mol. The van der Waals surface area contributed by atoms with E-state index in [2.05, 4.69) is 12.2 Å². The number of piperidine rings is 1. The van der Waals surface area contributed by atoms with Gasteiger partial charge in [0.25, 0.3) is 5.91 Å². The van der Waals surface area contributed by atoms with Crippen molar-refractivity contribution in [3.05, 3.63) is 35.0 Å². The van der Waals surface area contributed by atoms with Crippen LogP contribution in [0.15, 0.2) is 18.2 Å². The molecule has 27 heavy (non-hydrogen) atoms. The lowest BCUT2D eigenvalue weighted by molar-refractivity contribution is 0.0697. The molecule has 2 aromatic rings. The van der Waals surface area contributed by atoms with Gasteiger partial charge in [-0.05, 0) is 49.4 Å². The van der Waals surface area contributed by atoms with Gasteiger partial charge in [0.2, 0.25) is 10.0 Å². The Balaban J connectivity index is 1.80. The molecule has 2 aliphatic rings. The number of amides is 1. The molecule has 0 saturated carbocycles. The third kappa shape index (κ3) is 3.17. The van der Waals surface area contributed by atoms with E-state index in [0.29, 0.717) is 30.0 Å². The SMILES string of the molecule is CCS(=O)(=O)n1c2c(c3cc(C(=O)N4CCC(C)CC4)ccc31)CNCC2. The molecule has 3 heterocycles. The van der Waals surface area contributed by atoms with Crippen LogP contribution in [0.2, 0.25) is 0 Å². The van der Waals surface area contributed by atoms with Gasteiger partial charge in [-0.3, -0.25) is 4.79 Å². The summed E-state index contributed by atoms with van der Waals surface area (Å²) in [7, 11) is -3.39. The number of carbonyl (C=O) groups is 1. The molecule has 1 N–H and O–H groups in total. The highest BCUT2D eigenvalue weighted by Gasteiger charge is 2.27. The predicted octanol–water partition coefficient (Wildman–Crippen LogP) is 2.36. The van der Waals surface area contributed by atoms with Gasteiger partial charge < -0.3 is 10.2 Å². The van der Waals surface area contributed by atoms with Crippen LogP contribution in [0.1, 0.15) is 48.3 Å². The molecule has 1 aromatic carbocycles. The van der Waals surface area contributed by atoms with Crippen molar-refractivity contribution in [2.45, 2.75) is 39.7 Å². The zero-order chi connectivity index (χ0) is 19.2. The maximum Gasteiger partial charge on any atom is 0.253 e. The van der Waals surface area contributed by atoms with Crippen LogP contribution < -0.4 is 5.32 Å². The fourth-order valence-corrected chi connectivity index (χ4v) is 5.48. The molecule has 1 amide bonds. The van der Waals surface area contributed by atoms with Crippen molar-refractivity contribution in [1.82, 2.24) is 14.2 Å². The quantitative estimate of drug-likeness (QED) is 0.875. The zero-order valence-corrected chi connectivity index (χ0v) is 16.8. The molecule has 0 bridgehead atoms. The Morgan fingerprint density at radius 3 is 2.70 bits per heavy atom. The number of rotatable bonds is 3. The summed E-state index contributed by atoms with van der Waals surface area (Å²) in [5.74, 6) is 0.777. The van der Waals surface area contributed by atoms with Crippen molar-refractivity contribution in [3.8, 4) is 0 Å². The minimum atomic E-state index is -3.39. The molecule has 1 aromatic heterocycles. The van der Waals surface area contributed by atoms with Gasteiger partial charge in [0.15, 0.2) is 0 Å². The molecule has 0 unspecified atom stereocenters. The molecule has 4 rings (SSSR count). The molecule has 0 spiro atoms. The fourth-order valence-electron chi connectivity index (χ4n) is 4.22. The molecule has 0 atom stereocenters. The highest BCUT2D eigenvalue weighted by Crippen LogP contribution is 2.31. The maximum absolute atomic E-state index is 13.0. The standard InChI is InChI=1S/C20H27N3O3S/c1-3-27(25,26)23-18-5-4-15(20(24)22-10-7-14(2)8-11-22)12-16(18)17-13-21-9-6-19(17)23/h4-5,12,14,21H,3,6-11,13H2,1-2H3. The van der Waals surface area contributed by atoms with Crippen LogP contribution >= 0.6 is 0 Å². The van der Waals surface area contributed by atoms with Crippen LogP contribution in [0.4, 0.5) is 0 Å². The van der Waals surface area contributed by atoms with E-state index >= 15 is 0 Å². The number of nitrogens with one attached hydrogen (secondary N) is 1. The smallest absolute Gasteiger partial charge is 0.253 e. The van der Waals surface area contributed by atoms with Gasteiger partial charge in [-0.25, -0.2) is 12.4 Å². The zero-order valence-electron chi connectivity index (χ0n) is 16.0. The van der Waals surface area contributed by atoms with Crippen molar-refractivity contribution in [2.75, 3.05) is 25.4 Å². The van der Waals surface area contributed by atoms with E-state index in [1.165, 1.54) is 3.97 Å². The van der Waals surface area contributed by atoms with Crippen LogP contribution in [-0.4, -0.2) is 48.6 Å². The van der Waals surface area contributed by atoms with Crippen LogP contribution in [0.5, 0.6) is 0 Å². The number of carbonyl (C=O) groups excluding carboxylic acids is 1. The summed E-state index contributed by atoms with van der Waals surface area (Å²) >= 11 is 0. The van der Waals surface area contributed by atoms with Crippen molar-refractivity contribution in [2.24, 2.45) is 5.92 Å². The minimum Gasteiger partial charge on any atom is -0.339 e. The van der Waals surface area contributed by atoms with E-state index in [4.69, 9.17) is 0 Å². The van der Waals surface area contributed by atoms with E-state index in [9.17, 15) is 13.2 Å². The highest BCUT2D eigenvalue weighted by molar-refractivity contribution is 7.90. The van der Waals surface area contributed by atoms with Crippen LogP contribution in [0.25, 0.3) is 10.9 Å². The second-order valence-electron chi connectivity index (χ2n) is 7.72. The van der Waals surface area contributed by atoms with Crippen molar-refractivity contribution in [1.29, 1.82) is 0 Å². The first-order valence-corrected chi connectivity index (χ1v) is 11.4. The molecule has 0 aliphatic carbocycles. The van der Waals surface area contributed by atoms with Crippen LogP contribution in [0, 0.1) is 5.92 Å².